The molecule has 3 N–H and O–H groups in total. The molecule has 1 amide bonds. The average Bonchev–Trinajstić information content (AvgIpc) is 3.03. The van der Waals surface area contributed by atoms with Crippen molar-refractivity contribution < 1.29 is 9.18 Å². The molecule has 0 saturated heterocycles. The number of carbonyl (C=O) groups is 1. The van der Waals surface area contributed by atoms with Crippen molar-refractivity contribution in [3.8, 4) is 12.3 Å². The number of aliphatic imine (C=N–C) groups is 1. The van der Waals surface area contributed by atoms with Crippen molar-refractivity contribution >= 4 is 23.2 Å². The Morgan fingerprint density at radius 1 is 1.31 bits per heavy atom. The summed E-state index contributed by atoms with van der Waals surface area (Å²) in [5.74, 6) is 1.83. The smallest absolute Gasteiger partial charge is 0.237 e. The normalized spacial score (nSPS) is 23.1. The van der Waals surface area contributed by atoms with E-state index in [1.165, 1.54) is 25.2 Å². The Kier molecular flexibility index (Phi) is 4.37. The van der Waals surface area contributed by atoms with Crippen molar-refractivity contribution in [3.63, 3.8) is 0 Å². The number of hydrogen-bond acceptors (Lipinski definition) is 4. The number of amides is 1. The predicted molar refractivity (Wildman–Crippen MR) is 103 cm³/mol. The number of hydrogen-bond donors (Lipinski definition) is 2. The van der Waals surface area contributed by atoms with Gasteiger partial charge in [0.1, 0.15) is 11.2 Å². The number of benzene rings is 1. The van der Waals surface area contributed by atoms with Crippen LogP contribution >= 0.6 is 11.3 Å². The second-order valence-electron chi connectivity index (χ2n) is 6.97. The van der Waals surface area contributed by atoms with Crippen LogP contribution in [0.5, 0.6) is 0 Å². The number of alkyl halides is 1. The summed E-state index contributed by atoms with van der Waals surface area (Å²) in [5, 5.41) is 2.60. The number of rotatable bonds is 3. The lowest BCUT2D eigenvalue weighted by molar-refractivity contribution is -0.123. The van der Waals surface area contributed by atoms with E-state index in [4.69, 9.17) is 12.2 Å². The highest BCUT2D eigenvalue weighted by molar-refractivity contribution is 7.12. The first kappa shape index (κ1) is 18.2. The van der Waals surface area contributed by atoms with Gasteiger partial charge in [0.05, 0.1) is 10.8 Å². The number of carbonyl (C=O) groups excluding carboxylic acids is 1. The fourth-order valence-electron chi connectivity index (χ4n) is 3.23. The maximum absolute atomic E-state index is 14.1. The summed E-state index contributed by atoms with van der Waals surface area (Å²) in [4.78, 5) is 18.9. The minimum absolute atomic E-state index is 0.0749. The van der Waals surface area contributed by atoms with Gasteiger partial charge in [0.25, 0.3) is 0 Å². The first-order valence-electron chi connectivity index (χ1n) is 8.17. The van der Waals surface area contributed by atoms with E-state index in [9.17, 15) is 9.18 Å². The molecule has 2 atom stereocenters. The zero-order chi connectivity index (χ0) is 19.1. The quantitative estimate of drug-likeness (QED) is 0.815. The Bertz CT molecular complexity index is 918. The first-order chi connectivity index (χ1) is 12.1. The number of guanidine groups is 1. The van der Waals surface area contributed by atoms with Gasteiger partial charge in [-0.3, -0.25) is 10.1 Å². The second kappa shape index (κ2) is 6.26. The van der Waals surface area contributed by atoms with E-state index in [1.54, 1.807) is 24.3 Å². The summed E-state index contributed by atoms with van der Waals surface area (Å²) in [6.07, 6.45) is 5.48. The van der Waals surface area contributed by atoms with Crippen LogP contribution in [0.2, 0.25) is 0 Å². The molecule has 0 radical (unpaired) electrons. The molecule has 3 rings (SSSR count). The minimum Gasteiger partial charge on any atom is -0.370 e. The van der Waals surface area contributed by atoms with Gasteiger partial charge >= 0.3 is 0 Å². The molecule has 0 bridgehead atoms. The Morgan fingerprint density at radius 2 is 1.96 bits per heavy atom. The zero-order valence-electron chi connectivity index (χ0n) is 14.8. The van der Waals surface area contributed by atoms with Crippen molar-refractivity contribution in [1.29, 1.82) is 0 Å². The maximum Gasteiger partial charge on any atom is 0.237 e. The van der Waals surface area contributed by atoms with Crippen LogP contribution in [0.25, 0.3) is 0 Å². The van der Waals surface area contributed by atoms with E-state index < -0.39 is 17.1 Å². The van der Waals surface area contributed by atoms with Gasteiger partial charge in [0.2, 0.25) is 5.91 Å². The number of nitrogens with zero attached hydrogens (tertiary/aromatic N) is 1. The Morgan fingerprint density at radius 3 is 2.50 bits per heavy atom. The lowest BCUT2D eigenvalue weighted by Crippen LogP contribution is -2.51. The largest absolute Gasteiger partial charge is 0.370 e. The van der Waals surface area contributed by atoms with E-state index in [0.29, 0.717) is 5.56 Å². The molecule has 2 aromatic rings. The SMILES string of the molecule is C#Cc1ccc([C@@]2(C)N=C(N)NC(=O)[C@H]2c2ccc(C(C)(C)F)cc2)s1. The summed E-state index contributed by atoms with van der Waals surface area (Å²) in [6.45, 7) is 4.86. The molecule has 1 aliphatic rings. The van der Waals surface area contributed by atoms with Crippen molar-refractivity contribution in [1.82, 2.24) is 5.32 Å². The summed E-state index contributed by atoms with van der Waals surface area (Å²) >= 11 is 1.41. The van der Waals surface area contributed by atoms with Gasteiger partial charge in [0, 0.05) is 4.88 Å². The van der Waals surface area contributed by atoms with Crippen LogP contribution in [-0.2, 0) is 16.0 Å². The molecule has 0 spiro atoms. The molecule has 4 nitrogen and oxygen atoms in total. The van der Waals surface area contributed by atoms with Crippen molar-refractivity contribution in [2.24, 2.45) is 10.7 Å². The molecule has 26 heavy (non-hydrogen) atoms. The summed E-state index contributed by atoms with van der Waals surface area (Å²) < 4.78 is 14.1. The number of terminal acetylenes is 1. The average molecular weight is 369 g/mol. The van der Waals surface area contributed by atoms with Gasteiger partial charge in [-0.25, -0.2) is 9.38 Å². The fraction of sp³-hybridized carbons (Fsp3) is 0.300. The van der Waals surface area contributed by atoms with Gasteiger partial charge in [-0.15, -0.1) is 17.8 Å². The fourth-order valence-corrected chi connectivity index (χ4v) is 4.17. The molecule has 0 saturated carbocycles. The number of nitrogens with two attached hydrogens (primary N) is 1. The lowest BCUT2D eigenvalue weighted by atomic mass is 9.77. The van der Waals surface area contributed by atoms with Crippen molar-refractivity contribution in [3.05, 3.63) is 57.3 Å². The van der Waals surface area contributed by atoms with Gasteiger partial charge in [-0.1, -0.05) is 30.2 Å². The van der Waals surface area contributed by atoms with Crippen LogP contribution in [0.4, 0.5) is 4.39 Å². The van der Waals surface area contributed by atoms with Crippen LogP contribution in [0, 0.1) is 12.3 Å². The molecule has 1 aromatic carbocycles. The highest BCUT2D eigenvalue weighted by Crippen LogP contribution is 2.45. The topological polar surface area (TPSA) is 67.5 Å². The van der Waals surface area contributed by atoms with E-state index in [-0.39, 0.29) is 11.9 Å². The van der Waals surface area contributed by atoms with Crippen LogP contribution in [-0.4, -0.2) is 11.9 Å². The Balaban J connectivity index is 2.10. The predicted octanol–water partition coefficient (Wildman–Crippen LogP) is 3.38. The molecular weight excluding hydrogens is 349 g/mol. The highest BCUT2D eigenvalue weighted by atomic mass is 32.1. The highest BCUT2D eigenvalue weighted by Gasteiger charge is 2.46. The van der Waals surface area contributed by atoms with Gasteiger partial charge in [-0.2, -0.15) is 0 Å². The van der Waals surface area contributed by atoms with Crippen LogP contribution in [0.1, 0.15) is 47.6 Å². The van der Waals surface area contributed by atoms with Gasteiger partial charge in [0.15, 0.2) is 5.96 Å². The molecule has 0 fully saturated rings. The third kappa shape index (κ3) is 3.11. The third-order valence-electron chi connectivity index (χ3n) is 4.61. The van der Waals surface area contributed by atoms with Gasteiger partial charge < -0.3 is 5.73 Å². The summed E-state index contributed by atoms with van der Waals surface area (Å²) in [5.41, 5.74) is 4.78. The monoisotopic (exact) mass is 369 g/mol. The molecule has 0 unspecified atom stereocenters. The molecule has 134 valence electrons. The Labute approximate surface area is 156 Å². The standard InChI is InChI=1S/C20H20FN3OS/c1-5-14-10-11-15(26-14)20(4)16(17(25)23-18(22)24-20)12-6-8-13(9-7-12)19(2,3)21/h1,6-11,16H,2-4H3,(H3,22,23,24,25)/t16-,20-/m1/s1. The first-order valence-corrected chi connectivity index (χ1v) is 8.99. The molecule has 0 aliphatic carbocycles. The van der Waals surface area contributed by atoms with Crippen LogP contribution in [0.15, 0.2) is 41.4 Å². The zero-order valence-corrected chi connectivity index (χ0v) is 15.7. The second-order valence-corrected chi connectivity index (χ2v) is 8.05. The molecule has 6 heteroatoms. The third-order valence-corrected chi connectivity index (χ3v) is 5.85. The Hall–Kier alpha value is -2.65. The molecular formula is C20H20FN3OS. The number of nitrogens with one attached hydrogen (secondary N) is 1. The van der Waals surface area contributed by atoms with Gasteiger partial charge in [-0.05, 0) is 44.0 Å². The van der Waals surface area contributed by atoms with E-state index in [2.05, 4.69) is 16.2 Å². The van der Waals surface area contributed by atoms with E-state index >= 15 is 0 Å². The van der Waals surface area contributed by atoms with E-state index in [1.807, 2.05) is 19.1 Å². The van der Waals surface area contributed by atoms with Crippen LogP contribution < -0.4 is 11.1 Å². The van der Waals surface area contributed by atoms with Crippen molar-refractivity contribution in [2.45, 2.75) is 37.9 Å². The van der Waals surface area contributed by atoms with E-state index in [0.717, 1.165) is 15.3 Å². The molecule has 1 aromatic heterocycles. The summed E-state index contributed by atoms with van der Waals surface area (Å²) in [6, 6.07) is 10.6. The molecule has 1 aliphatic heterocycles. The minimum atomic E-state index is -1.45. The lowest BCUT2D eigenvalue weighted by Gasteiger charge is -2.36. The summed E-state index contributed by atoms with van der Waals surface area (Å²) in [7, 11) is 0. The number of thiophene rings is 1. The maximum atomic E-state index is 14.1. The van der Waals surface area contributed by atoms with Crippen LogP contribution in [0.3, 0.4) is 0 Å². The molecule has 2 heterocycles. The van der Waals surface area contributed by atoms with Crippen molar-refractivity contribution in [2.75, 3.05) is 0 Å². The number of halogens is 1.